The van der Waals surface area contributed by atoms with E-state index < -0.39 is 5.97 Å². The summed E-state index contributed by atoms with van der Waals surface area (Å²) >= 11 is 0. The Bertz CT molecular complexity index is 682. The van der Waals surface area contributed by atoms with Gasteiger partial charge in [-0.25, -0.2) is 14.8 Å². The molecular formula is C16H18N4O3. The summed E-state index contributed by atoms with van der Waals surface area (Å²) in [5, 5.41) is 8.86. The lowest BCUT2D eigenvalue weighted by molar-refractivity contribution is 0.0690. The molecule has 0 spiro atoms. The Hall–Kier alpha value is -2.83. The van der Waals surface area contributed by atoms with Gasteiger partial charge in [0.2, 0.25) is 0 Å². The second kappa shape index (κ2) is 6.51. The van der Waals surface area contributed by atoms with Crippen LogP contribution in [0.15, 0.2) is 36.7 Å². The van der Waals surface area contributed by atoms with E-state index in [1.165, 1.54) is 12.4 Å². The van der Waals surface area contributed by atoms with Gasteiger partial charge in [0.1, 0.15) is 11.6 Å². The van der Waals surface area contributed by atoms with E-state index in [2.05, 4.69) is 25.8 Å². The highest BCUT2D eigenvalue weighted by Gasteiger charge is 2.19. The molecule has 0 saturated carbocycles. The minimum absolute atomic E-state index is 0.0382. The average molecular weight is 314 g/mol. The fourth-order valence-corrected chi connectivity index (χ4v) is 2.60. The number of carboxylic acid groups (broad SMARTS) is 1. The molecule has 7 heteroatoms. The lowest BCUT2D eigenvalue weighted by atomic mass is 10.2. The molecule has 1 aliphatic heterocycles. The number of hydrogen-bond acceptors (Lipinski definition) is 6. The van der Waals surface area contributed by atoms with E-state index in [1.807, 2.05) is 18.2 Å². The topological polar surface area (TPSA) is 78.8 Å². The van der Waals surface area contributed by atoms with Gasteiger partial charge in [0, 0.05) is 37.9 Å². The number of anilines is 2. The molecule has 3 rings (SSSR count). The standard InChI is InChI=1S/C16H18N4O3/c1-23-13-4-2-3-12(9-13)19-5-7-20(8-6-19)15-11-17-14(10-18-15)16(21)22/h2-4,9-11H,5-8H2,1H3,(H,21,22). The van der Waals surface area contributed by atoms with Crippen LogP contribution in [0.2, 0.25) is 0 Å². The van der Waals surface area contributed by atoms with Gasteiger partial charge in [-0.3, -0.25) is 0 Å². The Morgan fingerprint density at radius 1 is 1.13 bits per heavy atom. The molecule has 1 aliphatic rings. The molecule has 1 fully saturated rings. The van der Waals surface area contributed by atoms with Gasteiger partial charge in [0.05, 0.1) is 19.5 Å². The number of aromatic carboxylic acids is 1. The van der Waals surface area contributed by atoms with Crippen molar-refractivity contribution < 1.29 is 14.6 Å². The number of ether oxygens (including phenoxy) is 1. The molecule has 0 radical (unpaired) electrons. The van der Waals surface area contributed by atoms with Crippen molar-refractivity contribution in [1.82, 2.24) is 9.97 Å². The van der Waals surface area contributed by atoms with Crippen LogP contribution in [0, 0.1) is 0 Å². The molecule has 1 aromatic heterocycles. The lowest BCUT2D eigenvalue weighted by Crippen LogP contribution is -2.46. The third kappa shape index (κ3) is 3.33. The molecule has 1 aromatic carbocycles. The first-order chi connectivity index (χ1) is 11.2. The summed E-state index contributed by atoms with van der Waals surface area (Å²) in [5.74, 6) is 0.493. The van der Waals surface area contributed by atoms with E-state index in [0.29, 0.717) is 5.82 Å². The lowest BCUT2D eigenvalue weighted by Gasteiger charge is -2.36. The monoisotopic (exact) mass is 314 g/mol. The molecule has 2 heterocycles. The maximum Gasteiger partial charge on any atom is 0.356 e. The Morgan fingerprint density at radius 3 is 2.48 bits per heavy atom. The summed E-state index contributed by atoms with van der Waals surface area (Å²) in [7, 11) is 1.66. The van der Waals surface area contributed by atoms with E-state index in [0.717, 1.165) is 37.6 Å². The number of methoxy groups -OCH3 is 1. The van der Waals surface area contributed by atoms with Crippen molar-refractivity contribution in [2.45, 2.75) is 0 Å². The predicted octanol–water partition coefficient (Wildman–Crippen LogP) is 1.51. The fourth-order valence-electron chi connectivity index (χ4n) is 2.60. The summed E-state index contributed by atoms with van der Waals surface area (Å²) in [5.41, 5.74) is 1.10. The number of rotatable bonds is 4. The van der Waals surface area contributed by atoms with Gasteiger partial charge in [0.25, 0.3) is 0 Å². The summed E-state index contributed by atoms with van der Waals surface area (Å²) < 4.78 is 5.26. The summed E-state index contributed by atoms with van der Waals surface area (Å²) in [6.07, 6.45) is 2.82. The van der Waals surface area contributed by atoms with Gasteiger partial charge in [-0.15, -0.1) is 0 Å². The van der Waals surface area contributed by atoms with Crippen molar-refractivity contribution in [3.63, 3.8) is 0 Å². The number of carbonyl (C=O) groups is 1. The fraction of sp³-hybridized carbons (Fsp3) is 0.312. The number of aromatic nitrogens is 2. The highest BCUT2D eigenvalue weighted by molar-refractivity contribution is 5.84. The molecule has 120 valence electrons. The van der Waals surface area contributed by atoms with Crippen LogP contribution in [0.3, 0.4) is 0 Å². The number of nitrogens with zero attached hydrogens (tertiary/aromatic N) is 4. The van der Waals surface area contributed by atoms with Crippen LogP contribution in [0.25, 0.3) is 0 Å². The first-order valence-corrected chi connectivity index (χ1v) is 7.36. The molecule has 2 aromatic rings. The second-order valence-corrected chi connectivity index (χ2v) is 5.24. The molecule has 0 unspecified atom stereocenters. The molecule has 0 amide bonds. The second-order valence-electron chi connectivity index (χ2n) is 5.24. The van der Waals surface area contributed by atoms with Crippen LogP contribution in [-0.4, -0.2) is 54.3 Å². The molecular weight excluding hydrogens is 296 g/mol. The maximum absolute atomic E-state index is 10.8. The quantitative estimate of drug-likeness (QED) is 0.916. The Balaban J connectivity index is 1.64. The zero-order valence-electron chi connectivity index (χ0n) is 12.8. The van der Waals surface area contributed by atoms with E-state index in [-0.39, 0.29) is 5.69 Å². The van der Waals surface area contributed by atoms with Crippen LogP contribution in [0.4, 0.5) is 11.5 Å². The third-order valence-corrected chi connectivity index (χ3v) is 3.88. The molecule has 0 atom stereocenters. The first kappa shape index (κ1) is 15.1. The summed E-state index contributed by atoms with van der Waals surface area (Å²) in [6.45, 7) is 3.32. The van der Waals surface area contributed by atoms with Crippen LogP contribution in [0.1, 0.15) is 10.5 Å². The van der Waals surface area contributed by atoms with Crippen molar-refractivity contribution >= 4 is 17.5 Å². The molecule has 1 N–H and O–H groups in total. The molecule has 0 bridgehead atoms. The number of piperazine rings is 1. The molecule has 23 heavy (non-hydrogen) atoms. The van der Waals surface area contributed by atoms with E-state index in [1.54, 1.807) is 7.11 Å². The van der Waals surface area contributed by atoms with Gasteiger partial charge in [0.15, 0.2) is 5.69 Å². The Kier molecular flexibility index (Phi) is 4.27. The third-order valence-electron chi connectivity index (χ3n) is 3.88. The van der Waals surface area contributed by atoms with Gasteiger partial charge in [-0.2, -0.15) is 0 Å². The zero-order valence-corrected chi connectivity index (χ0v) is 12.8. The minimum Gasteiger partial charge on any atom is -0.497 e. The van der Waals surface area contributed by atoms with Crippen molar-refractivity contribution in [1.29, 1.82) is 0 Å². The van der Waals surface area contributed by atoms with Gasteiger partial charge < -0.3 is 19.6 Å². The van der Waals surface area contributed by atoms with E-state index >= 15 is 0 Å². The van der Waals surface area contributed by atoms with E-state index in [9.17, 15) is 4.79 Å². The average Bonchev–Trinajstić information content (AvgIpc) is 2.62. The van der Waals surface area contributed by atoms with Crippen LogP contribution >= 0.6 is 0 Å². The summed E-state index contributed by atoms with van der Waals surface area (Å²) in [4.78, 5) is 23.3. The van der Waals surface area contributed by atoms with Gasteiger partial charge in [-0.1, -0.05) is 6.07 Å². The normalized spacial score (nSPS) is 14.7. The first-order valence-electron chi connectivity index (χ1n) is 7.36. The molecule has 1 saturated heterocycles. The Labute approximate surface area is 134 Å². The highest BCUT2D eigenvalue weighted by Crippen LogP contribution is 2.23. The van der Waals surface area contributed by atoms with Crippen molar-refractivity contribution in [2.24, 2.45) is 0 Å². The number of carboxylic acids is 1. The van der Waals surface area contributed by atoms with Crippen molar-refractivity contribution in [2.75, 3.05) is 43.1 Å². The Morgan fingerprint density at radius 2 is 1.87 bits per heavy atom. The maximum atomic E-state index is 10.8. The van der Waals surface area contributed by atoms with Crippen molar-refractivity contribution in [3.8, 4) is 5.75 Å². The van der Waals surface area contributed by atoms with Crippen LogP contribution in [-0.2, 0) is 0 Å². The summed E-state index contributed by atoms with van der Waals surface area (Å²) in [6, 6.07) is 8.01. The largest absolute Gasteiger partial charge is 0.497 e. The van der Waals surface area contributed by atoms with Crippen molar-refractivity contribution in [3.05, 3.63) is 42.4 Å². The molecule has 7 nitrogen and oxygen atoms in total. The minimum atomic E-state index is -1.06. The molecule has 0 aliphatic carbocycles. The highest BCUT2D eigenvalue weighted by atomic mass is 16.5. The van der Waals surface area contributed by atoms with Gasteiger partial charge >= 0.3 is 5.97 Å². The number of benzene rings is 1. The predicted molar refractivity (Wildman–Crippen MR) is 86.4 cm³/mol. The number of hydrogen-bond donors (Lipinski definition) is 1. The van der Waals surface area contributed by atoms with Crippen LogP contribution in [0.5, 0.6) is 5.75 Å². The zero-order chi connectivity index (χ0) is 16.2. The van der Waals surface area contributed by atoms with Gasteiger partial charge in [-0.05, 0) is 12.1 Å². The van der Waals surface area contributed by atoms with Crippen LogP contribution < -0.4 is 14.5 Å². The smallest absolute Gasteiger partial charge is 0.356 e. The SMILES string of the molecule is COc1cccc(N2CCN(c3cnc(C(=O)O)cn3)CC2)c1. The van der Waals surface area contributed by atoms with E-state index in [4.69, 9.17) is 9.84 Å².